The summed E-state index contributed by atoms with van der Waals surface area (Å²) < 4.78 is 13.5. The van der Waals surface area contributed by atoms with E-state index < -0.39 is 17.6 Å². The number of carbonyl (C=O) groups excluding carboxylic acids is 2. The zero-order valence-corrected chi connectivity index (χ0v) is 15.3. The molecule has 0 spiro atoms. The third kappa shape index (κ3) is 5.58. The van der Waals surface area contributed by atoms with Crippen LogP contribution >= 0.6 is 0 Å². The summed E-state index contributed by atoms with van der Waals surface area (Å²) in [5.74, 6) is -1.96. The van der Waals surface area contributed by atoms with Gasteiger partial charge in [0.15, 0.2) is 0 Å². The SMILES string of the molecule is Cc1ccc(NC(=O)C(=O)NCCCc2ccc(N(C)C)cc2)cc1F. The predicted molar refractivity (Wildman–Crippen MR) is 102 cm³/mol. The Bertz CT molecular complexity index is 773. The molecule has 0 atom stereocenters. The summed E-state index contributed by atoms with van der Waals surface area (Å²) in [5.41, 5.74) is 3.04. The van der Waals surface area contributed by atoms with Gasteiger partial charge in [-0.2, -0.15) is 0 Å². The van der Waals surface area contributed by atoms with E-state index in [-0.39, 0.29) is 5.69 Å². The summed E-state index contributed by atoms with van der Waals surface area (Å²) in [5, 5.41) is 4.97. The van der Waals surface area contributed by atoms with E-state index in [1.54, 1.807) is 19.1 Å². The van der Waals surface area contributed by atoms with Crippen LogP contribution in [-0.2, 0) is 16.0 Å². The lowest BCUT2D eigenvalue weighted by molar-refractivity contribution is -0.136. The van der Waals surface area contributed by atoms with E-state index in [0.717, 1.165) is 18.5 Å². The van der Waals surface area contributed by atoms with Crippen molar-refractivity contribution in [1.29, 1.82) is 0 Å². The van der Waals surface area contributed by atoms with E-state index in [2.05, 4.69) is 22.8 Å². The van der Waals surface area contributed by atoms with Crippen molar-refractivity contribution < 1.29 is 14.0 Å². The smallest absolute Gasteiger partial charge is 0.313 e. The summed E-state index contributed by atoms with van der Waals surface area (Å²) in [6.07, 6.45) is 1.53. The Balaban J connectivity index is 1.73. The Labute approximate surface area is 153 Å². The van der Waals surface area contributed by atoms with Crippen molar-refractivity contribution in [2.45, 2.75) is 19.8 Å². The van der Waals surface area contributed by atoms with Crippen molar-refractivity contribution >= 4 is 23.2 Å². The molecule has 0 saturated heterocycles. The molecular formula is C20H24FN3O2. The molecule has 6 heteroatoms. The van der Waals surface area contributed by atoms with Gasteiger partial charge >= 0.3 is 11.8 Å². The van der Waals surface area contributed by atoms with Crippen molar-refractivity contribution in [3.63, 3.8) is 0 Å². The first kappa shape index (κ1) is 19.4. The molecule has 2 N–H and O–H groups in total. The molecule has 0 aliphatic carbocycles. The number of anilines is 2. The first-order chi connectivity index (χ1) is 12.4. The van der Waals surface area contributed by atoms with Crippen molar-refractivity contribution in [3.8, 4) is 0 Å². The zero-order chi connectivity index (χ0) is 19.1. The van der Waals surface area contributed by atoms with E-state index in [0.29, 0.717) is 12.1 Å². The highest BCUT2D eigenvalue weighted by molar-refractivity contribution is 6.39. The maximum atomic E-state index is 13.5. The second-order valence-electron chi connectivity index (χ2n) is 6.34. The van der Waals surface area contributed by atoms with E-state index in [1.807, 2.05) is 31.1 Å². The fourth-order valence-corrected chi connectivity index (χ4v) is 2.39. The van der Waals surface area contributed by atoms with Gasteiger partial charge in [-0.1, -0.05) is 18.2 Å². The second kappa shape index (κ2) is 8.99. The fraction of sp³-hybridized carbons (Fsp3) is 0.300. The van der Waals surface area contributed by atoms with Gasteiger partial charge in [-0.05, 0) is 55.2 Å². The van der Waals surface area contributed by atoms with Crippen molar-refractivity contribution in [1.82, 2.24) is 5.32 Å². The van der Waals surface area contributed by atoms with Crippen LogP contribution in [0.4, 0.5) is 15.8 Å². The molecular weight excluding hydrogens is 333 g/mol. The van der Waals surface area contributed by atoms with Crippen molar-refractivity contribution in [2.24, 2.45) is 0 Å². The number of nitrogens with one attached hydrogen (secondary N) is 2. The van der Waals surface area contributed by atoms with Crippen LogP contribution in [0.5, 0.6) is 0 Å². The predicted octanol–water partition coefficient (Wildman–Crippen LogP) is 2.89. The van der Waals surface area contributed by atoms with Crippen LogP contribution in [0.15, 0.2) is 42.5 Å². The van der Waals surface area contributed by atoms with Gasteiger partial charge in [0.05, 0.1) is 0 Å². The Kier molecular flexibility index (Phi) is 6.72. The molecule has 2 aromatic rings. The lowest BCUT2D eigenvalue weighted by Gasteiger charge is -2.12. The first-order valence-electron chi connectivity index (χ1n) is 8.48. The van der Waals surface area contributed by atoms with E-state index in [9.17, 15) is 14.0 Å². The number of halogens is 1. The molecule has 2 aromatic carbocycles. The quantitative estimate of drug-likeness (QED) is 0.617. The van der Waals surface area contributed by atoms with Crippen LogP contribution in [0.3, 0.4) is 0 Å². The maximum Gasteiger partial charge on any atom is 0.313 e. The number of benzene rings is 2. The molecule has 0 unspecified atom stereocenters. The van der Waals surface area contributed by atoms with Crippen LogP contribution in [0.2, 0.25) is 0 Å². The van der Waals surface area contributed by atoms with Crippen LogP contribution in [-0.4, -0.2) is 32.5 Å². The first-order valence-corrected chi connectivity index (χ1v) is 8.48. The van der Waals surface area contributed by atoms with Crippen LogP contribution in [0, 0.1) is 12.7 Å². The molecule has 0 aliphatic rings. The average Bonchev–Trinajstić information content (AvgIpc) is 2.62. The molecule has 0 bridgehead atoms. The Morgan fingerprint density at radius 1 is 1.04 bits per heavy atom. The molecule has 26 heavy (non-hydrogen) atoms. The van der Waals surface area contributed by atoms with Gasteiger partial charge in [0, 0.05) is 32.0 Å². The minimum Gasteiger partial charge on any atom is -0.378 e. The molecule has 0 heterocycles. The molecule has 2 rings (SSSR count). The second-order valence-corrected chi connectivity index (χ2v) is 6.34. The highest BCUT2D eigenvalue weighted by Gasteiger charge is 2.13. The Morgan fingerprint density at radius 3 is 2.35 bits per heavy atom. The molecule has 138 valence electrons. The number of carbonyl (C=O) groups is 2. The minimum absolute atomic E-state index is 0.259. The van der Waals surface area contributed by atoms with E-state index in [1.165, 1.54) is 11.6 Å². The third-order valence-corrected chi connectivity index (χ3v) is 4.02. The average molecular weight is 357 g/mol. The monoisotopic (exact) mass is 357 g/mol. The van der Waals surface area contributed by atoms with E-state index >= 15 is 0 Å². The molecule has 0 fully saturated rings. The van der Waals surface area contributed by atoms with Crippen LogP contribution in [0.1, 0.15) is 17.5 Å². The van der Waals surface area contributed by atoms with E-state index in [4.69, 9.17) is 0 Å². The maximum absolute atomic E-state index is 13.5. The fourth-order valence-electron chi connectivity index (χ4n) is 2.39. The number of nitrogens with zero attached hydrogens (tertiary/aromatic N) is 1. The largest absolute Gasteiger partial charge is 0.378 e. The molecule has 0 saturated carbocycles. The summed E-state index contributed by atoms with van der Waals surface area (Å²) in [7, 11) is 3.97. The van der Waals surface area contributed by atoms with Crippen molar-refractivity contribution in [3.05, 3.63) is 59.4 Å². The standard InChI is InChI=1S/C20H24FN3O2/c1-14-6-9-16(13-18(14)21)23-20(26)19(25)22-12-4-5-15-7-10-17(11-8-15)24(2)3/h6-11,13H,4-5,12H2,1-3H3,(H,22,25)(H,23,26). The van der Waals surface area contributed by atoms with Gasteiger partial charge < -0.3 is 15.5 Å². The Hall–Kier alpha value is -2.89. The summed E-state index contributed by atoms with van der Waals surface area (Å²) in [6, 6.07) is 12.5. The third-order valence-electron chi connectivity index (χ3n) is 4.02. The molecule has 2 amide bonds. The number of hydrogen-bond acceptors (Lipinski definition) is 3. The highest BCUT2D eigenvalue weighted by Crippen LogP contribution is 2.14. The van der Waals surface area contributed by atoms with Crippen LogP contribution < -0.4 is 15.5 Å². The van der Waals surface area contributed by atoms with Gasteiger partial charge in [0.25, 0.3) is 0 Å². The van der Waals surface area contributed by atoms with Gasteiger partial charge in [0.2, 0.25) is 0 Å². The van der Waals surface area contributed by atoms with Gasteiger partial charge in [0.1, 0.15) is 5.82 Å². The molecule has 0 radical (unpaired) electrons. The summed E-state index contributed by atoms with van der Waals surface area (Å²) in [4.78, 5) is 25.7. The number of rotatable bonds is 6. The number of amides is 2. The summed E-state index contributed by atoms with van der Waals surface area (Å²) >= 11 is 0. The normalized spacial score (nSPS) is 10.3. The lowest BCUT2D eigenvalue weighted by Crippen LogP contribution is -2.36. The number of aryl methyl sites for hydroxylation is 2. The molecule has 0 aliphatic heterocycles. The zero-order valence-electron chi connectivity index (χ0n) is 15.3. The van der Waals surface area contributed by atoms with Gasteiger partial charge in [-0.3, -0.25) is 9.59 Å². The van der Waals surface area contributed by atoms with Gasteiger partial charge in [-0.25, -0.2) is 4.39 Å². The summed E-state index contributed by atoms with van der Waals surface area (Å²) in [6.45, 7) is 2.02. The highest BCUT2D eigenvalue weighted by atomic mass is 19.1. The molecule has 5 nitrogen and oxygen atoms in total. The van der Waals surface area contributed by atoms with Crippen LogP contribution in [0.25, 0.3) is 0 Å². The Morgan fingerprint density at radius 2 is 1.73 bits per heavy atom. The molecule has 0 aromatic heterocycles. The van der Waals surface area contributed by atoms with Gasteiger partial charge in [-0.15, -0.1) is 0 Å². The number of hydrogen-bond donors (Lipinski definition) is 2. The minimum atomic E-state index is -0.802. The van der Waals surface area contributed by atoms with Crippen molar-refractivity contribution in [2.75, 3.05) is 30.9 Å². The topological polar surface area (TPSA) is 61.4 Å². The lowest BCUT2D eigenvalue weighted by atomic mass is 10.1.